The molecule has 6 heteroatoms. The van der Waals surface area contributed by atoms with Gasteiger partial charge in [0.05, 0.1) is 6.04 Å². The van der Waals surface area contributed by atoms with Gasteiger partial charge in [0.15, 0.2) is 0 Å². The number of methoxy groups -OCH3 is 1. The summed E-state index contributed by atoms with van der Waals surface area (Å²) in [6.45, 7) is 2.21. The first-order valence-electron chi connectivity index (χ1n) is 6.52. The number of rotatable bonds is 7. The van der Waals surface area contributed by atoms with E-state index < -0.39 is 6.04 Å². The molecule has 0 aliphatic carbocycles. The summed E-state index contributed by atoms with van der Waals surface area (Å²) in [4.78, 5) is 23.1. The zero-order chi connectivity index (χ0) is 15.0. The smallest absolute Gasteiger partial charge is 0.241 e. The zero-order valence-corrected chi connectivity index (χ0v) is 11.8. The van der Waals surface area contributed by atoms with Crippen molar-refractivity contribution in [3.05, 3.63) is 24.3 Å². The number of nitrogens with one attached hydrogen (secondary N) is 2. The van der Waals surface area contributed by atoms with E-state index in [0.717, 1.165) is 0 Å². The summed E-state index contributed by atoms with van der Waals surface area (Å²) < 4.78 is 4.88. The van der Waals surface area contributed by atoms with E-state index in [9.17, 15) is 9.59 Å². The first kappa shape index (κ1) is 16.1. The number of ether oxygens (including phenoxy) is 1. The van der Waals surface area contributed by atoms with Crippen molar-refractivity contribution in [2.75, 3.05) is 24.4 Å². The molecule has 0 spiro atoms. The molecule has 1 atom stereocenters. The van der Waals surface area contributed by atoms with Crippen LogP contribution in [0, 0.1) is 0 Å². The molecule has 1 aromatic rings. The van der Waals surface area contributed by atoms with Gasteiger partial charge in [-0.25, -0.2) is 0 Å². The van der Waals surface area contributed by atoms with Crippen molar-refractivity contribution in [1.29, 1.82) is 0 Å². The van der Waals surface area contributed by atoms with Gasteiger partial charge in [-0.1, -0.05) is 13.0 Å². The third-order valence-electron chi connectivity index (χ3n) is 2.70. The third kappa shape index (κ3) is 5.38. The standard InChI is InChI=1S/C14H21N3O3/c1-3-13(18)16-10-5-4-6-11(9-10)17-14(19)12(15)7-8-20-2/h4-6,9,12H,3,7-8,15H2,1-2H3,(H,16,18)(H,17,19). The summed E-state index contributed by atoms with van der Waals surface area (Å²) in [6.07, 6.45) is 0.854. The Morgan fingerprint density at radius 1 is 1.30 bits per heavy atom. The second-order valence-electron chi connectivity index (χ2n) is 4.36. The Morgan fingerprint density at radius 3 is 2.55 bits per heavy atom. The largest absolute Gasteiger partial charge is 0.385 e. The summed E-state index contributed by atoms with van der Waals surface area (Å²) >= 11 is 0. The van der Waals surface area contributed by atoms with E-state index >= 15 is 0 Å². The summed E-state index contributed by atoms with van der Waals surface area (Å²) in [5.41, 5.74) is 6.96. The van der Waals surface area contributed by atoms with Crippen LogP contribution < -0.4 is 16.4 Å². The molecule has 110 valence electrons. The van der Waals surface area contributed by atoms with Gasteiger partial charge in [-0.15, -0.1) is 0 Å². The monoisotopic (exact) mass is 279 g/mol. The molecule has 0 saturated heterocycles. The van der Waals surface area contributed by atoms with Crippen molar-refractivity contribution in [2.45, 2.75) is 25.8 Å². The predicted octanol–water partition coefficient (Wildman–Crippen LogP) is 1.34. The fraction of sp³-hybridized carbons (Fsp3) is 0.429. The molecule has 6 nitrogen and oxygen atoms in total. The lowest BCUT2D eigenvalue weighted by atomic mass is 10.2. The van der Waals surface area contributed by atoms with Crippen LogP contribution in [0.15, 0.2) is 24.3 Å². The van der Waals surface area contributed by atoms with Crippen LogP contribution in [-0.2, 0) is 14.3 Å². The number of hydrogen-bond acceptors (Lipinski definition) is 4. The van der Waals surface area contributed by atoms with Crippen LogP contribution in [0.25, 0.3) is 0 Å². The van der Waals surface area contributed by atoms with Crippen molar-refractivity contribution in [3.8, 4) is 0 Å². The Labute approximate surface area is 118 Å². The molecule has 0 aromatic heterocycles. The number of amides is 2. The Kier molecular flexibility index (Phi) is 6.69. The topological polar surface area (TPSA) is 93.5 Å². The van der Waals surface area contributed by atoms with E-state index in [1.54, 1.807) is 38.3 Å². The van der Waals surface area contributed by atoms with Gasteiger partial charge in [0.1, 0.15) is 0 Å². The van der Waals surface area contributed by atoms with Crippen molar-refractivity contribution in [3.63, 3.8) is 0 Å². The number of nitrogens with two attached hydrogens (primary N) is 1. The Balaban J connectivity index is 2.61. The van der Waals surface area contributed by atoms with E-state index in [1.807, 2.05) is 0 Å². The zero-order valence-electron chi connectivity index (χ0n) is 11.8. The van der Waals surface area contributed by atoms with E-state index in [2.05, 4.69) is 10.6 Å². The van der Waals surface area contributed by atoms with Gasteiger partial charge in [-0.3, -0.25) is 9.59 Å². The first-order chi connectivity index (χ1) is 9.56. The summed E-state index contributed by atoms with van der Waals surface area (Å²) in [6, 6.07) is 6.32. The maximum atomic E-state index is 11.8. The Bertz CT molecular complexity index is 463. The summed E-state index contributed by atoms with van der Waals surface area (Å²) in [5, 5.41) is 5.44. The molecule has 0 saturated carbocycles. The lowest BCUT2D eigenvalue weighted by molar-refractivity contribution is -0.118. The minimum Gasteiger partial charge on any atom is -0.385 e. The van der Waals surface area contributed by atoms with Gasteiger partial charge in [-0.05, 0) is 24.6 Å². The molecule has 1 rings (SSSR count). The van der Waals surface area contributed by atoms with Crippen molar-refractivity contribution < 1.29 is 14.3 Å². The molecule has 2 amide bonds. The summed E-state index contributed by atoms with van der Waals surface area (Å²) in [7, 11) is 1.56. The highest BCUT2D eigenvalue weighted by Crippen LogP contribution is 2.15. The second-order valence-corrected chi connectivity index (χ2v) is 4.36. The van der Waals surface area contributed by atoms with E-state index in [1.165, 1.54) is 0 Å². The van der Waals surface area contributed by atoms with Crippen molar-refractivity contribution in [1.82, 2.24) is 0 Å². The van der Waals surface area contributed by atoms with E-state index in [4.69, 9.17) is 10.5 Å². The summed E-state index contributed by atoms with van der Waals surface area (Å²) in [5.74, 6) is -0.355. The van der Waals surface area contributed by atoms with Gasteiger partial charge in [0, 0.05) is 31.5 Å². The molecule has 20 heavy (non-hydrogen) atoms. The highest BCUT2D eigenvalue weighted by atomic mass is 16.5. The van der Waals surface area contributed by atoms with Gasteiger partial charge in [0.2, 0.25) is 11.8 Å². The maximum Gasteiger partial charge on any atom is 0.241 e. The second kappa shape index (κ2) is 8.29. The number of benzene rings is 1. The van der Waals surface area contributed by atoms with Gasteiger partial charge < -0.3 is 21.1 Å². The molecule has 0 aliphatic heterocycles. The fourth-order valence-corrected chi connectivity index (χ4v) is 1.53. The number of carbonyl (C=O) groups excluding carboxylic acids is 2. The van der Waals surface area contributed by atoms with Gasteiger partial charge >= 0.3 is 0 Å². The molecule has 0 fully saturated rings. The quantitative estimate of drug-likeness (QED) is 0.702. The Hall–Kier alpha value is -1.92. The number of anilines is 2. The molecule has 0 heterocycles. The molecule has 4 N–H and O–H groups in total. The van der Waals surface area contributed by atoms with Crippen molar-refractivity contribution >= 4 is 23.2 Å². The van der Waals surface area contributed by atoms with Crippen LogP contribution in [0.2, 0.25) is 0 Å². The predicted molar refractivity (Wildman–Crippen MR) is 78.5 cm³/mol. The fourth-order valence-electron chi connectivity index (χ4n) is 1.53. The maximum absolute atomic E-state index is 11.8. The molecular formula is C14H21N3O3. The third-order valence-corrected chi connectivity index (χ3v) is 2.70. The normalized spacial score (nSPS) is 11.8. The lowest BCUT2D eigenvalue weighted by Crippen LogP contribution is -2.36. The molecule has 0 aliphatic rings. The first-order valence-corrected chi connectivity index (χ1v) is 6.52. The van der Waals surface area contributed by atoms with Crippen LogP contribution in [0.4, 0.5) is 11.4 Å². The van der Waals surface area contributed by atoms with Crippen LogP contribution in [-0.4, -0.2) is 31.6 Å². The van der Waals surface area contributed by atoms with Crippen LogP contribution in [0.1, 0.15) is 19.8 Å². The molecule has 0 radical (unpaired) electrons. The van der Waals surface area contributed by atoms with E-state index in [0.29, 0.717) is 30.8 Å². The van der Waals surface area contributed by atoms with Crippen molar-refractivity contribution in [2.24, 2.45) is 5.73 Å². The van der Waals surface area contributed by atoms with Crippen LogP contribution >= 0.6 is 0 Å². The van der Waals surface area contributed by atoms with Gasteiger partial charge in [-0.2, -0.15) is 0 Å². The molecule has 1 aromatic carbocycles. The highest BCUT2D eigenvalue weighted by molar-refractivity contribution is 5.96. The lowest BCUT2D eigenvalue weighted by Gasteiger charge is -2.12. The SMILES string of the molecule is CCC(=O)Nc1cccc(NC(=O)C(N)CCOC)c1. The highest BCUT2D eigenvalue weighted by Gasteiger charge is 2.13. The molecule has 0 bridgehead atoms. The molecule has 1 unspecified atom stereocenters. The number of carbonyl (C=O) groups is 2. The minimum atomic E-state index is -0.621. The minimum absolute atomic E-state index is 0.0785. The van der Waals surface area contributed by atoms with Gasteiger partial charge in [0.25, 0.3) is 0 Å². The average molecular weight is 279 g/mol. The van der Waals surface area contributed by atoms with Crippen LogP contribution in [0.3, 0.4) is 0 Å². The van der Waals surface area contributed by atoms with Crippen LogP contribution in [0.5, 0.6) is 0 Å². The Morgan fingerprint density at radius 2 is 1.95 bits per heavy atom. The number of hydrogen-bond donors (Lipinski definition) is 3. The van der Waals surface area contributed by atoms with E-state index in [-0.39, 0.29) is 11.8 Å². The average Bonchev–Trinajstić information content (AvgIpc) is 2.44. The molecular weight excluding hydrogens is 258 g/mol.